The van der Waals surface area contributed by atoms with Crippen molar-refractivity contribution in [3.8, 4) is 5.75 Å². The molecule has 1 amide bonds. The number of rotatable bonds is 10. The van der Waals surface area contributed by atoms with E-state index in [-0.39, 0.29) is 19.1 Å². The van der Waals surface area contributed by atoms with Gasteiger partial charge in [-0.05, 0) is 49.1 Å². The van der Waals surface area contributed by atoms with Crippen LogP contribution in [0.25, 0.3) is 0 Å². The summed E-state index contributed by atoms with van der Waals surface area (Å²) in [7, 11) is -3.74. The molecule has 1 heterocycles. The van der Waals surface area contributed by atoms with E-state index in [0.717, 1.165) is 23.3 Å². The molecule has 2 unspecified atom stereocenters. The number of aryl methyl sites for hydroxylation is 1. The zero-order valence-electron chi connectivity index (χ0n) is 17.6. The molecule has 0 radical (unpaired) electrons. The SMILES string of the molecule is O=C(O)[C@@H]1CC(Oc2ccc(F)cc2)CN1C(=O)CP(=O)(O)CCCCc1ccccc1. The topological polar surface area (TPSA) is 104 Å². The molecule has 0 aliphatic carbocycles. The largest absolute Gasteiger partial charge is 0.488 e. The van der Waals surface area contributed by atoms with Crippen LogP contribution in [-0.2, 0) is 20.6 Å². The molecule has 7 nitrogen and oxygen atoms in total. The van der Waals surface area contributed by atoms with Crippen LogP contribution in [0.3, 0.4) is 0 Å². The molecule has 3 rings (SSSR count). The fourth-order valence-electron chi connectivity index (χ4n) is 3.81. The predicted molar refractivity (Wildman–Crippen MR) is 118 cm³/mol. The summed E-state index contributed by atoms with van der Waals surface area (Å²) in [5, 5.41) is 9.50. The minimum Gasteiger partial charge on any atom is -0.488 e. The van der Waals surface area contributed by atoms with Gasteiger partial charge in [-0.3, -0.25) is 9.36 Å². The fourth-order valence-corrected chi connectivity index (χ4v) is 5.29. The average molecular weight is 463 g/mol. The molecule has 1 fully saturated rings. The van der Waals surface area contributed by atoms with E-state index in [2.05, 4.69) is 0 Å². The van der Waals surface area contributed by atoms with Crippen molar-refractivity contribution >= 4 is 19.2 Å². The number of benzene rings is 2. The Kier molecular flexibility index (Phi) is 8.04. The lowest BCUT2D eigenvalue weighted by atomic mass is 10.1. The Morgan fingerprint density at radius 2 is 1.78 bits per heavy atom. The number of ether oxygens (including phenoxy) is 1. The number of aliphatic carboxylic acids is 1. The summed E-state index contributed by atoms with van der Waals surface area (Å²) in [5.41, 5.74) is 1.14. The molecule has 2 aromatic rings. The van der Waals surface area contributed by atoms with E-state index in [0.29, 0.717) is 12.2 Å². The van der Waals surface area contributed by atoms with Crippen LogP contribution in [0.1, 0.15) is 24.8 Å². The van der Waals surface area contributed by atoms with E-state index in [4.69, 9.17) is 4.74 Å². The van der Waals surface area contributed by atoms with E-state index in [1.54, 1.807) is 0 Å². The summed E-state index contributed by atoms with van der Waals surface area (Å²) in [6, 6.07) is 13.9. The van der Waals surface area contributed by atoms with E-state index >= 15 is 0 Å². The quantitative estimate of drug-likeness (QED) is 0.413. The number of carboxylic acids is 1. The molecule has 2 aromatic carbocycles. The maximum absolute atomic E-state index is 13.1. The fraction of sp³-hybridized carbons (Fsp3) is 0.391. The Bertz CT molecular complexity index is 968. The van der Waals surface area contributed by atoms with Gasteiger partial charge in [0.1, 0.15) is 29.9 Å². The second-order valence-corrected chi connectivity index (χ2v) is 10.5. The standard InChI is InChI=1S/C23H27FNO6P/c24-18-9-11-19(12-10-18)31-20-14-21(23(27)28)25(15-20)22(26)16-32(29,30)13-5-4-8-17-6-2-1-3-7-17/h1-3,6-7,9-12,20-21H,4-5,8,13-16H2,(H,27,28)(H,29,30)/t20?,21-/m0/s1. The molecular weight excluding hydrogens is 436 g/mol. The van der Waals surface area contributed by atoms with Crippen molar-refractivity contribution in [2.24, 2.45) is 0 Å². The molecule has 1 aliphatic rings. The van der Waals surface area contributed by atoms with Gasteiger partial charge in [-0.15, -0.1) is 0 Å². The third-order valence-corrected chi connectivity index (χ3v) is 7.21. The third kappa shape index (κ3) is 6.90. The van der Waals surface area contributed by atoms with Gasteiger partial charge in [0.25, 0.3) is 0 Å². The first-order valence-electron chi connectivity index (χ1n) is 10.5. The van der Waals surface area contributed by atoms with Crippen LogP contribution in [0, 0.1) is 5.82 Å². The van der Waals surface area contributed by atoms with Crippen molar-refractivity contribution in [2.75, 3.05) is 18.9 Å². The maximum Gasteiger partial charge on any atom is 0.326 e. The number of unbranched alkanes of at least 4 members (excludes halogenated alkanes) is 1. The Morgan fingerprint density at radius 1 is 1.09 bits per heavy atom. The molecule has 2 N–H and O–H groups in total. The second kappa shape index (κ2) is 10.7. The van der Waals surface area contributed by atoms with Gasteiger partial charge in [-0.25, -0.2) is 9.18 Å². The molecule has 172 valence electrons. The van der Waals surface area contributed by atoms with Crippen LogP contribution >= 0.6 is 7.37 Å². The Morgan fingerprint density at radius 3 is 2.44 bits per heavy atom. The van der Waals surface area contributed by atoms with Gasteiger partial charge in [0.2, 0.25) is 13.3 Å². The lowest BCUT2D eigenvalue weighted by Gasteiger charge is -2.22. The first-order chi connectivity index (χ1) is 15.2. The highest BCUT2D eigenvalue weighted by molar-refractivity contribution is 7.58. The lowest BCUT2D eigenvalue weighted by Crippen LogP contribution is -2.42. The molecule has 0 aromatic heterocycles. The van der Waals surface area contributed by atoms with Crippen LogP contribution in [0.2, 0.25) is 0 Å². The number of halogens is 1. The van der Waals surface area contributed by atoms with Gasteiger partial charge in [0.15, 0.2) is 0 Å². The van der Waals surface area contributed by atoms with E-state index in [9.17, 15) is 28.5 Å². The minimum atomic E-state index is -3.74. The molecule has 3 atom stereocenters. The minimum absolute atomic E-state index is 0.00661. The number of carboxylic acid groups (broad SMARTS) is 1. The zero-order chi connectivity index (χ0) is 23.1. The number of hydrogen-bond donors (Lipinski definition) is 2. The van der Waals surface area contributed by atoms with Gasteiger partial charge in [-0.2, -0.15) is 0 Å². The summed E-state index contributed by atoms with van der Waals surface area (Å²) in [6.07, 6.45) is 0.856. The summed E-state index contributed by atoms with van der Waals surface area (Å²) in [5.74, 6) is -1.93. The highest BCUT2D eigenvalue weighted by Crippen LogP contribution is 2.42. The first-order valence-corrected chi connectivity index (χ1v) is 12.6. The molecule has 0 bridgehead atoms. The zero-order valence-corrected chi connectivity index (χ0v) is 18.5. The second-order valence-electron chi connectivity index (χ2n) is 8.00. The highest BCUT2D eigenvalue weighted by Gasteiger charge is 2.42. The Hall–Kier alpha value is -2.70. The Labute approximate surface area is 186 Å². The van der Waals surface area contributed by atoms with Crippen molar-refractivity contribution in [3.05, 3.63) is 66.0 Å². The summed E-state index contributed by atoms with van der Waals surface area (Å²) in [6.45, 7) is -0.0127. The van der Waals surface area contributed by atoms with E-state index < -0.39 is 43.4 Å². The molecule has 0 spiro atoms. The van der Waals surface area contributed by atoms with Crippen molar-refractivity contribution in [1.82, 2.24) is 4.90 Å². The van der Waals surface area contributed by atoms with Gasteiger partial charge in [0, 0.05) is 12.6 Å². The van der Waals surface area contributed by atoms with Gasteiger partial charge in [0.05, 0.1) is 6.54 Å². The van der Waals surface area contributed by atoms with Crippen LogP contribution in [0.5, 0.6) is 5.75 Å². The molecule has 32 heavy (non-hydrogen) atoms. The smallest absolute Gasteiger partial charge is 0.326 e. The molecule has 1 saturated heterocycles. The maximum atomic E-state index is 13.1. The number of nitrogens with zero attached hydrogens (tertiary/aromatic N) is 1. The Balaban J connectivity index is 1.52. The van der Waals surface area contributed by atoms with Crippen molar-refractivity contribution in [2.45, 2.75) is 37.8 Å². The summed E-state index contributed by atoms with van der Waals surface area (Å²) >= 11 is 0. The number of carbonyl (C=O) groups excluding carboxylic acids is 1. The summed E-state index contributed by atoms with van der Waals surface area (Å²) in [4.78, 5) is 35.7. The van der Waals surface area contributed by atoms with Gasteiger partial charge < -0.3 is 19.6 Å². The van der Waals surface area contributed by atoms with E-state index in [1.165, 1.54) is 24.3 Å². The van der Waals surface area contributed by atoms with Crippen molar-refractivity contribution < 1.29 is 33.3 Å². The molecular formula is C23H27FNO6P. The van der Waals surface area contributed by atoms with Crippen molar-refractivity contribution in [3.63, 3.8) is 0 Å². The highest BCUT2D eigenvalue weighted by atomic mass is 31.2. The lowest BCUT2D eigenvalue weighted by molar-refractivity contribution is -0.147. The monoisotopic (exact) mass is 463 g/mol. The van der Waals surface area contributed by atoms with Crippen molar-refractivity contribution in [1.29, 1.82) is 0 Å². The van der Waals surface area contributed by atoms with Gasteiger partial charge >= 0.3 is 5.97 Å². The number of carbonyl (C=O) groups is 2. The number of likely N-dealkylation sites (tertiary alicyclic amines) is 1. The predicted octanol–water partition coefficient (Wildman–Crippen LogP) is 3.55. The van der Waals surface area contributed by atoms with Crippen LogP contribution in [0.15, 0.2) is 54.6 Å². The summed E-state index contributed by atoms with van der Waals surface area (Å²) < 4.78 is 31.3. The number of hydrogen-bond acceptors (Lipinski definition) is 4. The molecule has 0 saturated carbocycles. The van der Waals surface area contributed by atoms with Gasteiger partial charge in [-0.1, -0.05) is 30.3 Å². The number of amides is 1. The molecule has 9 heteroatoms. The average Bonchev–Trinajstić information content (AvgIpc) is 3.18. The molecule has 1 aliphatic heterocycles. The first kappa shape index (κ1) is 24.0. The van der Waals surface area contributed by atoms with Crippen LogP contribution < -0.4 is 4.74 Å². The normalized spacial score (nSPS) is 20.0. The van der Waals surface area contributed by atoms with Crippen LogP contribution in [-0.4, -0.2) is 57.8 Å². The van der Waals surface area contributed by atoms with E-state index in [1.807, 2.05) is 30.3 Å². The third-order valence-electron chi connectivity index (χ3n) is 5.43. The van der Waals surface area contributed by atoms with Crippen LogP contribution in [0.4, 0.5) is 4.39 Å².